The van der Waals surface area contributed by atoms with Crippen LogP contribution in [0.4, 0.5) is 10.2 Å². The largest absolute Gasteiger partial charge is 0.409 e. The number of hydrogen-bond acceptors (Lipinski definition) is 4. The Hall–Kier alpha value is -2.63. The lowest BCUT2D eigenvalue weighted by Gasteiger charge is -2.26. The highest BCUT2D eigenvalue weighted by molar-refractivity contribution is 5.95. The van der Waals surface area contributed by atoms with E-state index in [0.29, 0.717) is 17.1 Å². The van der Waals surface area contributed by atoms with Crippen LogP contribution in [-0.2, 0) is 0 Å². The summed E-state index contributed by atoms with van der Waals surface area (Å²) >= 11 is 0. The van der Waals surface area contributed by atoms with Crippen LogP contribution < -0.4 is 10.6 Å². The van der Waals surface area contributed by atoms with Gasteiger partial charge in [0.2, 0.25) is 0 Å². The molecule has 21 heavy (non-hydrogen) atoms. The summed E-state index contributed by atoms with van der Waals surface area (Å²) in [4.78, 5) is 6.13. The zero-order valence-electron chi connectivity index (χ0n) is 11.9. The van der Waals surface area contributed by atoms with Gasteiger partial charge in [0.1, 0.15) is 17.3 Å². The molecule has 0 saturated heterocycles. The average molecular weight is 288 g/mol. The van der Waals surface area contributed by atoms with E-state index in [0.717, 1.165) is 0 Å². The number of amidine groups is 1. The van der Waals surface area contributed by atoms with Crippen molar-refractivity contribution in [1.29, 1.82) is 0 Å². The van der Waals surface area contributed by atoms with Gasteiger partial charge in [-0.25, -0.2) is 9.37 Å². The first-order valence-corrected chi connectivity index (χ1v) is 6.46. The second-order valence-corrected chi connectivity index (χ2v) is 4.67. The molecule has 6 heteroatoms. The first-order valence-electron chi connectivity index (χ1n) is 6.46. The molecule has 1 aromatic carbocycles. The van der Waals surface area contributed by atoms with Gasteiger partial charge in [-0.15, -0.1) is 0 Å². The number of benzene rings is 1. The number of oxime groups is 1. The van der Waals surface area contributed by atoms with Crippen molar-refractivity contribution in [3.05, 3.63) is 59.5 Å². The number of rotatable bonds is 4. The average Bonchev–Trinajstić information content (AvgIpc) is 2.53. The third kappa shape index (κ3) is 3.10. The topological polar surface area (TPSA) is 74.7 Å². The van der Waals surface area contributed by atoms with Gasteiger partial charge in [0.15, 0.2) is 5.84 Å². The van der Waals surface area contributed by atoms with Crippen molar-refractivity contribution < 1.29 is 9.60 Å². The molecule has 0 aliphatic rings. The van der Waals surface area contributed by atoms with E-state index in [1.54, 1.807) is 36.4 Å². The van der Waals surface area contributed by atoms with Gasteiger partial charge in [0.05, 0.1) is 6.04 Å². The van der Waals surface area contributed by atoms with Gasteiger partial charge in [-0.3, -0.25) is 0 Å². The van der Waals surface area contributed by atoms with Gasteiger partial charge in [0.25, 0.3) is 0 Å². The molecule has 0 aliphatic carbocycles. The van der Waals surface area contributed by atoms with Crippen molar-refractivity contribution in [3.8, 4) is 0 Å². The summed E-state index contributed by atoms with van der Waals surface area (Å²) in [5, 5.41) is 11.6. The van der Waals surface area contributed by atoms with Gasteiger partial charge in [-0.1, -0.05) is 29.4 Å². The minimum Gasteiger partial charge on any atom is -0.409 e. The van der Waals surface area contributed by atoms with Crippen LogP contribution in [0.1, 0.15) is 24.2 Å². The van der Waals surface area contributed by atoms with Crippen molar-refractivity contribution in [2.24, 2.45) is 10.9 Å². The van der Waals surface area contributed by atoms with Crippen LogP contribution in [0.15, 0.2) is 47.6 Å². The molecule has 0 aliphatic heterocycles. The molecule has 3 N–H and O–H groups in total. The van der Waals surface area contributed by atoms with Crippen LogP contribution in [0.5, 0.6) is 0 Å². The standard InChI is InChI=1S/C15H17FN4O/c1-10(11-6-3-4-7-12(11)16)20(2)14-9-5-8-13(18-14)15(17)19-21/h3-10,21H,1-2H3,(H2,17,19). The number of aromatic nitrogens is 1. The highest BCUT2D eigenvalue weighted by Crippen LogP contribution is 2.25. The minimum absolute atomic E-state index is 0.0659. The lowest BCUT2D eigenvalue weighted by atomic mass is 10.1. The van der Waals surface area contributed by atoms with Crippen LogP contribution in [0.25, 0.3) is 0 Å². The van der Waals surface area contributed by atoms with Gasteiger partial charge < -0.3 is 15.8 Å². The van der Waals surface area contributed by atoms with Crippen molar-refractivity contribution >= 4 is 11.7 Å². The second-order valence-electron chi connectivity index (χ2n) is 4.67. The molecule has 0 bridgehead atoms. The van der Waals surface area contributed by atoms with Crippen LogP contribution in [-0.4, -0.2) is 23.1 Å². The fourth-order valence-electron chi connectivity index (χ4n) is 2.03. The molecular formula is C15H17FN4O. The molecule has 0 amide bonds. The van der Waals surface area contributed by atoms with Gasteiger partial charge in [-0.05, 0) is 25.1 Å². The Morgan fingerprint density at radius 3 is 2.67 bits per heavy atom. The smallest absolute Gasteiger partial charge is 0.188 e. The monoisotopic (exact) mass is 288 g/mol. The van der Waals surface area contributed by atoms with E-state index in [-0.39, 0.29) is 17.7 Å². The van der Waals surface area contributed by atoms with Crippen molar-refractivity contribution in [3.63, 3.8) is 0 Å². The van der Waals surface area contributed by atoms with Crippen LogP contribution >= 0.6 is 0 Å². The van der Waals surface area contributed by atoms with Crippen LogP contribution in [0.3, 0.4) is 0 Å². The lowest BCUT2D eigenvalue weighted by Crippen LogP contribution is -2.25. The summed E-state index contributed by atoms with van der Waals surface area (Å²) in [6.45, 7) is 1.89. The first kappa shape index (κ1) is 14.8. The molecule has 2 aromatic rings. The van der Waals surface area contributed by atoms with E-state index in [1.807, 2.05) is 18.9 Å². The van der Waals surface area contributed by atoms with E-state index < -0.39 is 0 Å². The molecular weight excluding hydrogens is 271 g/mol. The summed E-state index contributed by atoms with van der Waals surface area (Å²) in [7, 11) is 1.81. The normalized spacial score (nSPS) is 13.0. The summed E-state index contributed by atoms with van der Waals surface area (Å²) in [6, 6.07) is 11.6. The Bertz CT molecular complexity index is 660. The van der Waals surface area contributed by atoms with Crippen molar-refractivity contribution in [2.75, 3.05) is 11.9 Å². The van der Waals surface area contributed by atoms with E-state index >= 15 is 0 Å². The highest BCUT2D eigenvalue weighted by Gasteiger charge is 2.17. The Balaban J connectivity index is 2.32. The van der Waals surface area contributed by atoms with Crippen LogP contribution in [0, 0.1) is 5.82 Å². The number of nitrogens with two attached hydrogens (primary N) is 1. The number of pyridine rings is 1. The Morgan fingerprint density at radius 1 is 1.29 bits per heavy atom. The van der Waals surface area contributed by atoms with Gasteiger partial charge in [-0.2, -0.15) is 0 Å². The third-order valence-corrected chi connectivity index (χ3v) is 3.40. The molecule has 0 spiro atoms. The Morgan fingerprint density at radius 2 is 2.00 bits per heavy atom. The summed E-state index contributed by atoms with van der Waals surface area (Å²) in [5.74, 6) is 0.281. The molecule has 0 radical (unpaired) electrons. The van der Waals surface area contributed by atoms with E-state index in [4.69, 9.17) is 10.9 Å². The molecule has 1 atom stereocenters. The maximum absolute atomic E-state index is 13.9. The maximum atomic E-state index is 13.9. The third-order valence-electron chi connectivity index (χ3n) is 3.40. The summed E-state index contributed by atoms with van der Waals surface area (Å²) < 4.78 is 13.9. The zero-order chi connectivity index (χ0) is 15.4. The fourth-order valence-corrected chi connectivity index (χ4v) is 2.03. The predicted octanol–water partition coefficient (Wildman–Crippen LogP) is 2.51. The molecule has 1 heterocycles. The molecule has 5 nitrogen and oxygen atoms in total. The molecule has 1 aromatic heterocycles. The number of anilines is 1. The maximum Gasteiger partial charge on any atom is 0.188 e. The highest BCUT2D eigenvalue weighted by atomic mass is 19.1. The molecule has 110 valence electrons. The summed E-state index contributed by atoms with van der Waals surface area (Å²) in [6.07, 6.45) is 0. The van der Waals surface area contributed by atoms with Crippen molar-refractivity contribution in [1.82, 2.24) is 4.98 Å². The molecule has 1 unspecified atom stereocenters. The predicted molar refractivity (Wildman–Crippen MR) is 80.0 cm³/mol. The molecule has 2 rings (SSSR count). The Kier molecular flexibility index (Phi) is 4.37. The van der Waals surface area contributed by atoms with Crippen molar-refractivity contribution in [2.45, 2.75) is 13.0 Å². The van der Waals surface area contributed by atoms with Gasteiger partial charge >= 0.3 is 0 Å². The van der Waals surface area contributed by atoms with Crippen LogP contribution in [0.2, 0.25) is 0 Å². The SMILES string of the molecule is CC(c1ccccc1F)N(C)c1cccc(C(N)=NO)n1. The van der Waals surface area contributed by atoms with E-state index in [2.05, 4.69) is 10.1 Å². The van der Waals surface area contributed by atoms with Gasteiger partial charge in [0, 0.05) is 12.6 Å². The van der Waals surface area contributed by atoms with E-state index in [9.17, 15) is 4.39 Å². The number of hydrogen-bond donors (Lipinski definition) is 2. The Labute approximate surface area is 122 Å². The second kappa shape index (κ2) is 6.21. The fraction of sp³-hybridized carbons (Fsp3) is 0.200. The quantitative estimate of drug-likeness (QED) is 0.392. The molecule has 0 fully saturated rings. The minimum atomic E-state index is -0.260. The van der Waals surface area contributed by atoms with E-state index in [1.165, 1.54) is 6.07 Å². The number of nitrogens with zero attached hydrogens (tertiary/aromatic N) is 3. The number of halogens is 1. The summed E-state index contributed by atoms with van der Waals surface area (Å²) in [5.41, 5.74) is 6.48. The zero-order valence-corrected chi connectivity index (χ0v) is 11.9. The first-order chi connectivity index (χ1) is 10.0. The lowest BCUT2D eigenvalue weighted by molar-refractivity contribution is 0.318. The molecule has 0 saturated carbocycles.